The number of para-hydroxylation sites is 1. The number of nitrogens with one attached hydrogen (secondary N) is 2. The standard InChI is InChI=1S/C26H24N2O4/c1-17-11-13-19(14-12-17)16-31-25(29)23-18(2)27-26(30)28-24(23)20-7-6-10-22(15-20)32-21-8-4-3-5-9-21/h3-15,24H,16H2,1-2H3,(H2,27,28,30). The van der Waals surface area contributed by atoms with Gasteiger partial charge in [-0.05, 0) is 49.2 Å². The molecule has 3 aromatic carbocycles. The smallest absolute Gasteiger partial charge is 0.338 e. The summed E-state index contributed by atoms with van der Waals surface area (Å²) in [6.07, 6.45) is 0. The van der Waals surface area contributed by atoms with Gasteiger partial charge >= 0.3 is 12.0 Å². The van der Waals surface area contributed by atoms with Crippen LogP contribution in [0.3, 0.4) is 0 Å². The van der Waals surface area contributed by atoms with Crippen molar-refractivity contribution in [3.63, 3.8) is 0 Å². The maximum Gasteiger partial charge on any atom is 0.338 e. The van der Waals surface area contributed by atoms with Gasteiger partial charge in [0.25, 0.3) is 0 Å². The van der Waals surface area contributed by atoms with Gasteiger partial charge in [-0.25, -0.2) is 9.59 Å². The Morgan fingerprint density at radius 3 is 2.38 bits per heavy atom. The van der Waals surface area contributed by atoms with Crippen LogP contribution in [-0.4, -0.2) is 12.0 Å². The summed E-state index contributed by atoms with van der Waals surface area (Å²) in [4.78, 5) is 25.2. The van der Waals surface area contributed by atoms with Crippen molar-refractivity contribution in [1.82, 2.24) is 10.6 Å². The summed E-state index contributed by atoms with van der Waals surface area (Å²) in [6, 6.07) is 23.5. The molecule has 0 aliphatic carbocycles. The molecule has 0 bridgehead atoms. The minimum absolute atomic E-state index is 0.147. The van der Waals surface area contributed by atoms with Crippen LogP contribution in [0.1, 0.15) is 29.7 Å². The Kier molecular flexibility index (Phi) is 6.22. The summed E-state index contributed by atoms with van der Waals surface area (Å²) in [6.45, 7) is 3.84. The fourth-order valence-corrected chi connectivity index (χ4v) is 3.51. The highest BCUT2D eigenvalue weighted by Gasteiger charge is 2.32. The average molecular weight is 428 g/mol. The Morgan fingerprint density at radius 1 is 0.906 bits per heavy atom. The molecule has 0 fully saturated rings. The summed E-state index contributed by atoms with van der Waals surface area (Å²) in [5, 5.41) is 5.49. The van der Waals surface area contributed by atoms with Gasteiger partial charge in [-0.2, -0.15) is 0 Å². The van der Waals surface area contributed by atoms with Gasteiger partial charge in [0.1, 0.15) is 18.1 Å². The Hall–Kier alpha value is -4.06. The van der Waals surface area contributed by atoms with Gasteiger partial charge in [-0.1, -0.05) is 60.2 Å². The van der Waals surface area contributed by atoms with Crippen LogP contribution in [0.2, 0.25) is 0 Å². The summed E-state index contributed by atoms with van der Waals surface area (Å²) >= 11 is 0. The van der Waals surface area contributed by atoms with Crippen molar-refractivity contribution in [3.05, 3.63) is 107 Å². The summed E-state index contributed by atoms with van der Waals surface area (Å²) in [7, 11) is 0. The number of carbonyl (C=O) groups excluding carboxylic acids is 2. The van der Waals surface area contributed by atoms with E-state index in [4.69, 9.17) is 9.47 Å². The van der Waals surface area contributed by atoms with Crippen molar-refractivity contribution in [2.45, 2.75) is 26.5 Å². The van der Waals surface area contributed by atoms with Crippen molar-refractivity contribution in [2.75, 3.05) is 0 Å². The summed E-state index contributed by atoms with van der Waals surface area (Å²) in [5.41, 5.74) is 3.56. The second-order valence-electron chi connectivity index (χ2n) is 7.62. The second kappa shape index (κ2) is 9.39. The highest BCUT2D eigenvalue weighted by Crippen LogP contribution is 2.31. The second-order valence-corrected chi connectivity index (χ2v) is 7.62. The highest BCUT2D eigenvalue weighted by atomic mass is 16.5. The molecule has 1 unspecified atom stereocenters. The third kappa shape index (κ3) is 4.98. The van der Waals surface area contributed by atoms with Crippen LogP contribution in [0, 0.1) is 6.92 Å². The van der Waals surface area contributed by atoms with Gasteiger partial charge < -0.3 is 20.1 Å². The predicted molar refractivity (Wildman–Crippen MR) is 121 cm³/mol. The number of allylic oxidation sites excluding steroid dienone is 1. The zero-order chi connectivity index (χ0) is 22.5. The maximum atomic E-state index is 13.0. The number of benzene rings is 3. The maximum absolute atomic E-state index is 13.0. The molecule has 6 heteroatoms. The fourth-order valence-electron chi connectivity index (χ4n) is 3.51. The SMILES string of the molecule is CC1=C(C(=O)OCc2ccc(C)cc2)C(c2cccc(Oc3ccccc3)c2)NC(=O)N1. The number of rotatable bonds is 6. The number of hydrogen-bond donors (Lipinski definition) is 2. The Labute approximate surface area is 186 Å². The first-order chi connectivity index (χ1) is 15.5. The van der Waals surface area contributed by atoms with E-state index in [9.17, 15) is 9.59 Å². The summed E-state index contributed by atoms with van der Waals surface area (Å²) in [5.74, 6) is 0.810. The van der Waals surface area contributed by atoms with E-state index in [2.05, 4.69) is 10.6 Å². The molecule has 6 nitrogen and oxygen atoms in total. The van der Waals surface area contributed by atoms with Crippen LogP contribution in [0.5, 0.6) is 11.5 Å². The first-order valence-corrected chi connectivity index (χ1v) is 10.3. The number of hydrogen-bond acceptors (Lipinski definition) is 4. The van der Waals surface area contributed by atoms with Gasteiger partial charge in [0.05, 0.1) is 11.6 Å². The zero-order valence-corrected chi connectivity index (χ0v) is 17.9. The number of ether oxygens (including phenoxy) is 2. The molecule has 2 amide bonds. The molecule has 0 spiro atoms. The van der Waals surface area contributed by atoms with Crippen LogP contribution in [-0.2, 0) is 16.1 Å². The normalized spacial score (nSPS) is 15.6. The van der Waals surface area contributed by atoms with Crippen molar-refractivity contribution >= 4 is 12.0 Å². The fraction of sp³-hybridized carbons (Fsp3) is 0.154. The van der Waals surface area contributed by atoms with E-state index >= 15 is 0 Å². The number of carbonyl (C=O) groups is 2. The van der Waals surface area contributed by atoms with Crippen LogP contribution >= 0.6 is 0 Å². The Morgan fingerprint density at radius 2 is 1.62 bits per heavy atom. The molecule has 32 heavy (non-hydrogen) atoms. The zero-order valence-electron chi connectivity index (χ0n) is 17.9. The molecule has 0 aromatic heterocycles. The van der Waals surface area contributed by atoms with Gasteiger partial charge in [0.2, 0.25) is 0 Å². The van der Waals surface area contributed by atoms with Crippen LogP contribution in [0.15, 0.2) is 90.1 Å². The topological polar surface area (TPSA) is 76.7 Å². The van der Waals surface area contributed by atoms with Crippen LogP contribution in [0.25, 0.3) is 0 Å². The molecular formula is C26H24N2O4. The molecule has 3 aromatic rings. The van der Waals surface area contributed by atoms with Crippen molar-refractivity contribution in [2.24, 2.45) is 0 Å². The quantitative estimate of drug-likeness (QED) is 0.532. The minimum atomic E-state index is -0.659. The molecule has 1 aliphatic heterocycles. The Bertz CT molecular complexity index is 1150. The third-order valence-corrected chi connectivity index (χ3v) is 5.15. The lowest BCUT2D eigenvalue weighted by Crippen LogP contribution is -2.45. The van der Waals surface area contributed by atoms with Crippen molar-refractivity contribution in [3.8, 4) is 11.5 Å². The number of aryl methyl sites for hydroxylation is 1. The molecular weight excluding hydrogens is 404 g/mol. The molecule has 2 N–H and O–H groups in total. The Balaban J connectivity index is 1.56. The lowest BCUT2D eigenvalue weighted by Gasteiger charge is -2.28. The van der Waals surface area contributed by atoms with Crippen molar-refractivity contribution in [1.29, 1.82) is 0 Å². The van der Waals surface area contributed by atoms with E-state index in [0.717, 1.165) is 16.7 Å². The summed E-state index contributed by atoms with van der Waals surface area (Å²) < 4.78 is 11.5. The number of amides is 2. The predicted octanol–water partition coefficient (Wildman–Crippen LogP) is 5.16. The first-order valence-electron chi connectivity index (χ1n) is 10.3. The number of esters is 1. The molecule has 1 aliphatic rings. The van der Waals surface area contributed by atoms with Crippen LogP contribution < -0.4 is 15.4 Å². The van der Waals surface area contributed by atoms with E-state index in [1.54, 1.807) is 6.92 Å². The first kappa shape index (κ1) is 21.2. The largest absolute Gasteiger partial charge is 0.457 e. The van der Waals surface area contributed by atoms with E-state index < -0.39 is 12.0 Å². The van der Waals surface area contributed by atoms with E-state index in [-0.39, 0.29) is 12.6 Å². The van der Waals surface area contributed by atoms with Gasteiger partial charge in [-0.15, -0.1) is 0 Å². The van der Waals surface area contributed by atoms with Gasteiger partial charge in [0.15, 0.2) is 0 Å². The molecule has 1 heterocycles. The van der Waals surface area contributed by atoms with E-state index in [0.29, 0.717) is 22.8 Å². The van der Waals surface area contributed by atoms with Crippen LogP contribution in [0.4, 0.5) is 4.79 Å². The van der Waals surface area contributed by atoms with Gasteiger partial charge in [0, 0.05) is 5.70 Å². The molecule has 0 saturated carbocycles. The third-order valence-electron chi connectivity index (χ3n) is 5.15. The van der Waals surface area contributed by atoms with E-state index in [1.807, 2.05) is 85.8 Å². The highest BCUT2D eigenvalue weighted by molar-refractivity contribution is 5.95. The molecule has 0 radical (unpaired) electrons. The lowest BCUT2D eigenvalue weighted by atomic mass is 9.95. The van der Waals surface area contributed by atoms with E-state index in [1.165, 1.54) is 0 Å². The molecule has 0 saturated heterocycles. The monoisotopic (exact) mass is 428 g/mol. The van der Waals surface area contributed by atoms with Gasteiger partial charge in [-0.3, -0.25) is 0 Å². The molecule has 4 rings (SSSR count). The van der Waals surface area contributed by atoms with Crippen molar-refractivity contribution < 1.29 is 19.1 Å². The number of urea groups is 1. The lowest BCUT2D eigenvalue weighted by molar-refractivity contribution is -0.140. The average Bonchev–Trinajstić information content (AvgIpc) is 2.79. The molecule has 1 atom stereocenters. The molecule has 162 valence electrons. The minimum Gasteiger partial charge on any atom is -0.457 e.